The molecule has 0 aromatic rings. The second kappa shape index (κ2) is 5.13. The van der Waals surface area contributed by atoms with Gasteiger partial charge in [0.25, 0.3) is 0 Å². The van der Waals surface area contributed by atoms with Gasteiger partial charge in [0, 0.05) is 0 Å². The zero-order valence-corrected chi connectivity index (χ0v) is 6.03. The Morgan fingerprint density at radius 1 is 1.36 bits per heavy atom. The Bertz CT molecular complexity index is 217. The minimum atomic E-state index is -0.888. The molecule has 0 rings (SSSR count). The first-order valence-corrected chi connectivity index (χ1v) is 2.53. The molecule has 0 aliphatic heterocycles. The number of ether oxygens (including phenoxy) is 2. The first-order valence-electron chi connectivity index (χ1n) is 2.53. The molecule has 0 spiro atoms. The number of hydrogen-bond acceptors (Lipinski definition) is 4. The molecule has 0 saturated heterocycles. The molecule has 0 heterocycles. The van der Waals surface area contributed by atoms with Crippen LogP contribution in [0.4, 0.5) is 4.79 Å². The molecule has 0 aromatic carbocycles. The zero-order chi connectivity index (χ0) is 8.69. The van der Waals surface area contributed by atoms with Crippen LogP contribution in [0.2, 0.25) is 0 Å². The highest BCUT2D eigenvalue weighted by molar-refractivity contribution is 5.89. The minimum Gasteiger partial charge on any atom is -0.466 e. The van der Waals surface area contributed by atoms with Gasteiger partial charge in [-0.2, -0.15) is 0 Å². The average molecular weight is 158 g/mol. The van der Waals surface area contributed by atoms with E-state index in [-0.39, 0.29) is 6.02 Å². The van der Waals surface area contributed by atoms with Crippen molar-refractivity contribution in [3.05, 3.63) is 0 Å². The Kier molecular flexibility index (Phi) is 4.35. The fourth-order valence-corrected chi connectivity index (χ4v) is 0.279. The lowest BCUT2D eigenvalue weighted by Crippen LogP contribution is -2.02. The van der Waals surface area contributed by atoms with E-state index in [1.807, 2.05) is 0 Å². The van der Waals surface area contributed by atoms with Gasteiger partial charge in [-0.3, -0.25) is 0 Å². The lowest BCUT2D eigenvalue weighted by Gasteiger charge is -1.93. The van der Waals surface area contributed by atoms with Crippen LogP contribution in [-0.2, 0) is 14.3 Å². The molecule has 0 bridgehead atoms. The van der Waals surface area contributed by atoms with Gasteiger partial charge in [-0.05, 0) is 0 Å². The number of nitrogens with zero attached hydrogens (tertiary/aromatic N) is 2. The van der Waals surface area contributed by atoms with E-state index in [2.05, 4.69) is 19.5 Å². The zero-order valence-electron chi connectivity index (χ0n) is 6.03. The highest BCUT2D eigenvalue weighted by atomic mass is 16.5. The summed E-state index contributed by atoms with van der Waals surface area (Å²) in [6.07, 6.45) is 0.272. The molecule has 0 aromatic heterocycles. The summed E-state index contributed by atoms with van der Waals surface area (Å²) in [5.41, 5.74) is 0. The van der Waals surface area contributed by atoms with Crippen molar-refractivity contribution in [2.75, 3.05) is 14.2 Å². The van der Waals surface area contributed by atoms with Gasteiger partial charge < -0.3 is 9.47 Å². The second-order valence-electron chi connectivity index (χ2n) is 1.27. The second-order valence-corrected chi connectivity index (χ2v) is 1.27. The lowest BCUT2D eigenvalue weighted by atomic mass is 11.0. The number of carbonyl (C=O) groups excluding carboxylic acids is 2. The molecular weight excluding hydrogens is 152 g/mol. The molecule has 0 radical (unpaired) electrons. The van der Waals surface area contributed by atoms with Crippen molar-refractivity contribution in [3.63, 3.8) is 0 Å². The van der Waals surface area contributed by atoms with Crippen molar-refractivity contribution < 1.29 is 19.1 Å². The number of isocyanates is 1. The average Bonchev–Trinajstić information content (AvgIpc) is 2.03. The van der Waals surface area contributed by atoms with E-state index >= 15 is 0 Å². The first-order chi connectivity index (χ1) is 5.24. The highest BCUT2D eigenvalue weighted by Gasteiger charge is 2.00. The fourth-order valence-electron chi connectivity index (χ4n) is 0.279. The van der Waals surface area contributed by atoms with Gasteiger partial charge in [-0.15, -0.1) is 9.98 Å². The predicted octanol–water partition coefficient (Wildman–Crippen LogP) is 0.0910. The molecule has 6 heteroatoms. The minimum absolute atomic E-state index is 0.383. The SMILES string of the molecule is COC(=O)/N=C(\N=C=O)OC. The van der Waals surface area contributed by atoms with Gasteiger partial charge in [-0.25, -0.2) is 9.59 Å². The van der Waals surface area contributed by atoms with Crippen LogP contribution in [0.15, 0.2) is 9.98 Å². The Balaban J connectivity index is 4.34. The highest BCUT2D eigenvalue weighted by Crippen LogP contribution is 1.85. The number of amides is 1. The van der Waals surface area contributed by atoms with Gasteiger partial charge in [0.2, 0.25) is 6.08 Å². The summed E-state index contributed by atoms with van der Waals surface area (Å²) in [6, 6.07) is -0.383. The van der Waals surface area contributed by atoms with Crippen LogP contribution >= 0.6 is 0 Å². The van der Waals surface area contributed by atoms with E-state index in [0.717, 1.165) is 13.2 Å². The van der Waals surface area contributed by atoms with Crippen LogP contribution < -0.4 is 0 Å². The largest absolute Gasteiger partial charge is 0.466 e. The molecule has 11 heavy (non-hydrogen) atoms. The van der Waals surface area contributed by atoms with E-state index < -0.39 is 6.09 Å². The van der Waals surface area contributed by atoms with Crippen molar-refractivity contribution in [2.24, 2.45) is 9.98 Å². The summed E-state index contributed by atoms with van der Waals surface area (Å²) in [5.74, 6) is 0. The summed E-state index contributed by atoms with van der Waals surface area (Å²) in [4.78, 5) is 26.1. The van der Waals surface area contributed by atoms with Gasteiger partial charge in [0.15, 0.2) is 0 Å². The standard InChI is InChI=1S/C5H6N2O4/c1-10-4(6-3-8)7-5(9)11-2/h1-2H3/b7-4+. The topological polar surface area (TPSA) is 77.3 Å². The van der Waals surface area contributed by atoms with E-state index in [1.54, 1.807) is 0 Å². The maximum absolute atomic E-state index is 10.4. The Morgan fingerprint density at radius 3 is 2.36 bits per heavy atom. The lowest BCUT2D eigenvalue weighted by molar-refractivity contribution is 0.181. The van der Waals surface area contributed by atoms with E-state index in [1.165, 1.54) is 7.11 Å². The molecule has 6 nitrogen and oxygen atoms in total. The van der Waals surface area contributed by atoms with Crippen LogP contribution in [0, 0.1) is 0 Å². The number of aliphatic imine (C=N–C) groups is 2. The van der Waals surface area contributed by atoms with Crippen LogP contribution in [0.25, 0.3) is 0 Å². The van der Waals surface area contributed by atoms with Crippen molar-refractivity contribution in [1.29, 1.82) is 0 Å². The van der Waals surface area contributed by atoms with Crippen LogP contribution in [0.5, 0.6) is 0 Å². The third-order valence-electron chi connectivity index (χ3n) is 0.685. The first kappa shape index (κ1) is 9.32. The van der Waals surface area contributed by atoms with Gasteiger partial charge in [-0.1, -0.05) is 0 Å². The number of rotatable bonds is 0. The number of amidine groups is 1. The molecule has 0 N–H and O–H groups in total. The summed E-state index contributed by atoms with van der Waals surface area (Å²) >= 11 is 0. The number of methoxy groups -OCH3 is 2. The van der Waals surface area contributed by atoms with Crippen LogP contribution in [0.1, 0.15) is 0 Å². The third kappa shape index (κ3) is 3.83. The van der Waals surface area contributed by atoms with E-state index in [4.69, 9.17) is 0 Å². The molecule has 0 atom stereocenters. The molecule has 0 unspecified atom stereocenters. The molecule has 60 valence electrons. The smallest absolute Gasteiger partial charge is 0.438 e. The Hall–Kier alpha value is -1.68. The normalized spacial score (nSPS) is 9.82. The fraction of sp³-hybridized carbons (Fsp3) is 0.400. The van der Waals surface area contributed by atoms with Crippen molar-refractivity contribution in [1.82, 2.24) is 0 Å². The third-order valence-corrected chi connectivity index (χ3v) is 0.685. The van der Waals surface area contributed by atoms with Crippen molar-refractivity contribution >= 4 is 18.2 Å². The predicted molar refractivity (Wildman–Crippen MR) is 35.0 cm³/mol. The van der Waals surface area contributed by atoms with Crippen LogP contribution in [0.3, 0.4) is 0 Å². The van der Waals surface area contributed by atoms with Crippen LogP contribution in [-0.4, -0.2) is 32.4 Å². The summed E-state index contributed by atoms with van der Waals surface area (Å²) in [7, 11) is 2.35. The van der Waals surface area contributed by atoms with E-state index in [9.17, 15) is 9.59 Å². The maximum Gasteiger partial charge on any atom is 0.438 e. The molecule has 1 amide bonds. The number of carbonyl (C=O) groups is 1. The number of hydrogen-bond donors (Lipinski definition) is 0. The molecular formula is C5H6N2O4. The van der Waals surface area contributed by atoms with Gasteiger partial charge in [0.05, 0.1) is 14.2 Å². The summed E-state index contributed by atoms with van der Waals surface area (Å²) in [5, 5.41) is 0. The monoisotopic (exact) mass is 158 g/mol. The molecule has 0 fully saturated rings. The van der Waals surface area contributed by atoms with Crippen molar-refractivity contribution in [3.8, 4) is 0 Å². The van der Waals surface area contributed by atoms with E-state index in [0.29, 0.717) is 0 Å². The van der Waals surface area contributed by atoms with Gasteiger partial charge in [0.1, 0.15) is 0 Å². The summed E-state index contributed by atoms with van der Waals surface area (Å²) in [6.45, 7) is 0. The van der Waals surface area contributed by atoms with Gasteiger partial charge >= 0.3 is 12.1 Å². The summed E-state index contributed by atoms with van der Waals surface area (Å²) < 4.78 is 8.52. The molecule has 0 saturated carbocycles. The van der Waals surface area contributed by atoms with Crippen molar-refractivity contribution in [2.45, 2.75) is 0 Å². The molecule has 0 aliphatic rings. The quantitative estimate of drug-likeness (QED) is 0.284. The Morgan fingerprint density at radius 2 is 2.00 bits per heavy atom. The maximum atomic E-state index is 10.4. The molecule has 0 aliphatic carbocycles. The Labute approximate surface area is 62.5 Å².